The normalized spacial score (nSPS) is 6.43. The molecule has 0 saturated carbocycles. The average Bonchev–Trinajstić information content (AvgIpc) is 1.35. The van der Waals surface area contributed by atoms with Crippen molar-refractivity contribution >= 4 is 12.1 Å². The first kappa shape index (κ1) is 10.1. The van der Waals surface area contributed by atoms with Gasteiger partial charge in [-0.1, -0.05) is 6.42 Å². The molecule has 0 aliphatic heterocycles. The average molecular weight is 181 g/mol. The van der Waals surface area contributed by atoms with E-state index in [1.54, 1.807) is 0 Å². The largest absolute Gasteiger partial charge is 0.541 e. The van der Waals surface area contributed by atoms with Crippen LogP contribution in [0, 0.1) is 0 Å². The summed E-state index contributed by atoms with van der Waals surface area (Å²) in [5.41, 5.74) is 0. The maximum atomic E-state index is 9.78. The van der Waals surface area contributed by atoms with E-state index in [1.807, 2.05) is 0 Å². The number of ketones is 1. The van der Waals surface area contributed by atoms with Crippen LogP contribution in [-0.2, 0) is 30.7 Å². The SMILES string of the molecule is CC(=O)C[C-]=O.[Mo]. The molecule has 0 atom stereocenters. The Labute approximate surface area is 56.5 Å². The molecule has 0 saturated heterocycles. The summed E-state index contributed by atoms with van der Waals surface area (Å²) in [6.07, 6.45) is 1.40. The standard InChI is InChI=1S/C4H5O2.Mo/c1-4(6)2-3-5;/h2H2,1H3;/q-1;. The zero-order valence-electron chi connectivity index (χ0n) is 3.93. The Hall–Kier alpha value is 0.0283. The molecule has 0 aromatic heterocycles. The van der Waals surface area contributed by atoms with Gasteiger partial charge in [-0.25, -0.2) is 0 Å². The fraction of sp³-hybridized carbons (Fsp3) is 0.500. The quantitative estimate of drug-likeness (QED) is 0.343. The molecule has 0 aliphatic rings. The minimum Gasteiger partial charge on any atom is -0.541 e. The summed E-state index contributed by atoms with van der Waals surface area (Å²) in [7, 11) is 0. The minimum absolute atomic E-state index is 0. The van der Waals surface area contributed by atoms with Crippen LogP contribution in [0.25, 0.3) is 0 Å². The van der Waals surface area contributed by atoms with Gasteiger partial charge in [0.2, 0.25) is 0 Å². The number of rotatable bonds is 2. The predicted octanol–water partition coefficient (Wildman–Crippen LogP) is 0.0727. The first-order valence-corrected chi connectivity index (χ1v) is 1.62. The van der Waals surface area contributed by atoms with Gasteiger partial charge in [0.1, 0.15) is 5.78 Å². The van der Waals surface area contributed by atoms with Crippen molar-refractivity contribution in [3.8, 4) is 0 Å². The monoisotopic (exact) mass is 183 g/mol. The number of carbonyl (C=O) groups excluding carboxylic acids is 2. The van der Waals surface area contributed by atoms with Crippen LogP contribution in [-0.4, -0.2) is 12.1 Å². The Balaban J connectivity index is 0. The molecule has 3 heteroatoms. The molecule has 7 heavy (non-hydrogen) atoms. The van der Waals surface area contributed by atoms with Crippen LogP contribution in [0.5, 0.6) is 0 Å². The Morgan fingerprint density at radius 3 is 2.14 bits per heavy atom. The van der Waals surface area contributed by atoms with Crippen LogP contribution in [0.4, 0.5) is 0 Å². The molecule has 0 rings (SSSR count). The maximum Gasteiger partial charge on any atom is 0.103 e. The van der Waals surface area contributed by atoms with Crippen LogP contribution in [0.3, 0.4) is 0 Å². The van der Waals surface area contributed by atoms with Gasteiger partial charge in [0.05, 0.1) is 0 Å². The second-order valence-electron chi connectivity index (χ2n) is 1.02. The molecule has 0 radical (unpaired) electrons. The summed E-state index contributed by atoms with van der Waals surface area (Å²) in [6, 6.07) is 0. The van der Waals surface area contributed by atoms with Crippen molar-refractivity contribution in [2.45, 2.75) is 13.3 Å². The van der Waals surface area contributed by atoms with Crippen molar-refractivity contribution < 1.29 is 30.7 Å². The molecule has 0 aliphatic carbocycles. The number of hydrogen-bond acceptors (Lipinski definition) is 2. The fourth-order valence-corrected chi connectivity index (χ4v) is 0.102. The van der Waals surface area contributed by atoms with Gasteiger partial charge in [-0.2, -0.15) is 0 Å². The topological polar surface area (TPSA) is 34.1 Å². The predicted molar refractivity (Wildman–Crippen MR) is 21.0 cm³/mol. The molecule has 0 amide bonds. The van der Waals surface area contributed by atoms with Gasteiger partial charge in [0, 0.05) is 21.1 Å². The third-order valence-corrected chi connectivity index (χ3v) is 0.321. The van der Waals surface area contributed by atoms with Gasteiger partial charge < -0.3 is 9.59 Å². The molecule has 2 nitrogen and oxygen atoms in total. The van der Waals surface area contributed by atoms with E-state index in [0.29, 0.717) is 0 Å². The second-order valence-corrected chi connectivity index (χ2v) is 1.02. The summed E-state index contributed by atoms with van der Waals surface area (Å²) in [6.45, 7) is 1.35. The first-order chi connectivity index (χ1) is 2.77. The summed E-state index contributed by atoms with van der Waals surface area (Å²) in [5, 5.41) is 0. The van der Waals surface area contributed by atoms with Gasteiger partial charge in [0.15, 0.2) is 0 Å². The summed E-state index contributed by atoms with van der Waals surface area (Å²) in [4.78, 5) is 19.1. The summed E-state index contributed by atoms with van der Waals surface area (Å²) >= 11 is 0. The van der Waals surface area contributed by atoms with Crippen molar-refractivity contribution in [1.82, 2.24) is 0 Å². The van der Waals surface area contributed by atoms with E-state index >= 15 is 0 Å². The number of carbonyl (C=O) groups is 1. The molecular formula is C4H5MoO2-. The van der Waals surface area contributed by atoms with Crippen molar-refractivity contribution in [2.24, 2.45) is 0 Å². The van der Waals surface area contributed by atoms with E-state index < -0.39 is 0 Å². The molecular weight excluding hydrogens is 176 g/mol. The van der Waals surface area contributed by atoms with Crippen LogP contribution in [0.15, 0.2) is 0 Å². The molecule has 40 valence electrons. The van der Waals surface area contributed by atoms with E-state index in [4.69, 9.17) is 0 Å². The molecule has 0 aromatic carbocycles. The van der Waals surface area contributed by atoms with Gasteiger partial charge in [0.25, 0.3) is 0 Å². The van der Waals surface area contributed by atoms with Crippen LogP contribution >= 0.6 is 0 Å². The number of Topliss-reactive ketones (excluding diaryl/α,β-unsaturated/α-hetero) is 1. The Morgan fingerprint density at radius 1 is 1.71 bits per heavy atom. The smallest absolute Gasteiger partial charge is 0.103 e. The molecule has 0 unspecified atom stereocenters. The number of hydrogen-bond donors (Lipinski definition) is 0. The minimum atomic E-state index is -0.134. The van der Waals surface area contributed by atoms with Crippen molar-refractivity contribution in [2.75, 3.05) is 0 Å². The third-order valence-electron chi connectivity index (χ3n) is 0.321. The van der Waals surface area contributed by atoms with Crippen molar-refractivity contribution in [1.29, 1.82) is 0 Å². The molecule has 0 heterocycles. The van der Waals surface area contributed by atoms with Crippen molar-refractivity contribution in [3.63, 3.8) is 0 Å². The van der Waals surface area contributed by atoms with Gasteiger partial charge >= 0.3 is 0 Å². The summed E-state index contributed by atoms with van der Waals surface area (Å²) in [5.74, 6) is -0.134. The van der Waals surface area contributed by atoms with Crippen molar-refractivity contribution in [3.05, 3.63) is 0 Å². The first-order valence-electron chi connectivity index (χ1n) is 1.62. The van der Waals surface area contributed by atoms with Crippen LogP contribution in [0.1, 0.15) is 13.3 Å². The zero-order chi connectivity index (χ0) is 4.99. The van der Waals surface area contributed by atoms with E-state index in [2.05, 4.69) is 0 Å². The van der Waals surface area contributed by atoms with Gasteiger partial charge in [-0.3, -0.25) is 6.29 Å². The van der Waals surface area contributed by atoms with E-state index in [-0.39, 0.29) is 33.3 Å². The second kappa shape index (κ2) is 6.03. The van der Waals surface area contributed by atoms with Crippen LogP contribution in [0.2, 0.25) is 0 Å². The molecule has 0 bridgehead atoms. The van der Waals surface area contributed by atoms with E-state index in [9.17, 15) is 9.59 Å². The molecule has 0 fully saturated rings. The fourth-order valence-electron chi connectivity index (χ4n) is 0.102. The Morgan fingerprint density at radius 2 is 2.14 bits per heavy atom. The van der Waals surface area contributed by atoms with Crippen LogP contribution < -0.4 is 0 Å². The Bertz CT molecular complexity index is 70.1. The van der Waals surface area contributed by atoms with Gasteiger partial charge in [-0.15, -0.1) is 0 Å². The summed E-state index contributed by atoms with van der Waals surface area (Å²) < 4.78 is 0. The molecule has 0 N–H and O–H groups in total. The maximum absolute atomic E-state index is 9.78. The van der Waals surface area contributed by atoms with Gasteiger partial charge in [-0.05, 0) is 6.92 Å². The molecule has 0 spiro atoms. The zero-order valence-corrected chi connectivity index (χ0v) is 5.94. The molecule has 0 aromatic rings. The third kappa shape index (κ3) is 10.7. The van der Waals surface area contributed by atoms with E-state index in [1.165, 1.54) is 13.2 Å². The van der Waals surface area contributed by atoms with E-state index in [0.717, 1.165) is 0 Å². The Kier molecular flexibility index (Phi) is 8.70.